The normalized spacial score (nSPS) is 21.1. The Hall–Kier alpha value is -0.860. The van der Waals surface area contributed by atoms with Crippen molar-refractivity contribution in [1.82, 2.24) is 10.2 Å². The molecular weight excluding hydrogens is 244 g/mol. The lowest BCUT2D eigenvalue weighted by molar-refractivity contribution is 0.0825. The van der Waals surface area contributed by atoms with Crippen LogP contribution in [0.15, 0.2) is 30.3 Å². The van der Waals surface area contributed by atoms with E-state index in [0.717, 1.165) is 5.92 Å². The first-order chi connectivity index (χ1) is 9.63. The Bertz CT molecular complexity index is 380. The lowest BCUT2D eigenvalue weighted by Gasteiger charge is -2.43. The van der Waals surface area contributed by atoms with Gasteiger partial charge in [0, 0.05) is 12.1 Å². The number of benzene rings is 1. The lowest BCUT2D eigenvalue weighted by Crippen LogP contribution is -2.49. The maximum atomic E-state index is 3.57. The first-order valence-electron chi connectivity index (χ1n) is 8.09. The van der Waals surface area contributed by atoms with Crippen molar-refractivity contribution in [3.05, 3.63) is 35.9 Å². The van der Waals surface area contributed by atoms with Gasteiger partial charge in [-0.25, -0.2) is 0 Å². The van der Waals surface area contributed by atoms with Gasteiger partial charge in [-0.2, -0.15) is 0 Å². The van der Waals surface area contributed by atoms with Crippen LogP contribution in [0.3, 0.4) is 0 Å². The Labute approximate surface area is 124 Å². The van der Waals surface area contributed by atoms with E-state index in [2.05, 4.69) is 68.4 Å². The fourth-order valence-corrected chi connectivity index (χ4v) is 3.54. The topological polar surface area (TPSA) is 15.3 Å². The van der Waals surface area contributed by atoms with Crippen LogP contribution in [-0.2, 0) is 0 Å². The average Bonchev–Trinajstić information content (AvgIpc) is 2.46. The lowest BCUT2D eigenvalue weighted by atomic mass is 9.87. The smallest absolute Gasteiger partial charge is 0.0478 e. The number of nitrogens with zero attached hydrogens (tertiary/aromatic N) is 1. The van der Waals surface area contributed by atoms with Crippen molar-refractivity contribution in [3.8, 4) is 0 Å². The van der Waals surface area contributed by atoms with Crippen molar-refractivity contribution in [3.63, 3.8) is 0 Å². The van der Waals surface area contributed by atoms with Crippen LogP contribution in [0, 0.1) is 11.8 Å². The number of likely N-dealkylation sites (N-methyl/N-ethyl adjacent to an activating group) is 1. The summed E-state index contributed by atoms with van der Waals surface area (Å²) in [5.74, 6) is 1.55. The van der Waals surface area contributed by atoms with Crippen LogP contribution in [0.2, 0.25) is 0 Å². The van der Waals surface area contributed by atoms with Gasteiger partial charge in [-0.15, -0.1) is 0 Å². The number of likely N-dealkylation sites (tertiary alicyclic amines) is 1. The van der Waals surface area contributed by atoms with Crippen LogP contribution < -0.4 is 5.32 Å². The predicted molar refractivity (Wildman–Crippen MR) is 86.8 cm³/mol. The monoisotopic (exact) mass is 274 g/mol. The van der Waals surface area contributed by atoms with E-state index in [-0.39, 0.29) is 0 Å². The van der Waals surface area contributed by atoms with E-state index in [4.69, 9.17) is 0 Å². The maximum Gasteiger partial charge on any atom is 0.0478 e. The zero-order valence-corrected chi connectivity index (χ0v) is 13.5. The van der Waals surface area contributed by atoms with Gasteiger partial charge in [-0.1, -0.05) is 51.1 Å². The molecule has 2 nitrogen and oxygen atoms in total. The summed E-state index contributed by atoms with van der Waals surface area (Å²) in [6.45, 7) is 9.59. The Morgan fingerprint density at radius 3 is 2.20 bits per heavy atom. The minimum atomic E-state index is 0.421. The van der Waals surface area contributed by atoms with Crippen LogP contribution in [0.4, 0.5) is 0 Å². The van der Waals surface area contributed by atoms with Crippen molar-refractivity contribution < 1.29 is 0 Å². The van der Waals surface area contributed by atoms with Crippen LogP contribution in [0.5, 0.6) is 0 Å². The van der Waals surface area contributed by atoms with Gasteiger partial charge >= 0.3 is 0 Å². The fraction of sp³-hybridized carbons (Fsp3) is 0.667. The molecule has 20 heavy (non-hydrogen) atoms. The Morgan fingerprint density at radius 2 is 1.70 bits per heavy atom. The van der Waals surface area contributed by atoms with Gasteiger partial charge in [0.25, 0.3) is 0 Å². The highest BCUT2D eigenvalue weighted by atomic mass is 15.2. The molecule has 0 aliphatic carbocycles. The third-order valence-corrected chi connectivity index (χ3v) is 4.73. The molecule has 1 aliphatic rings. The van der Waals surface area contributed by atoms with E-state index >= 15 is 0 Å². The zero-order chi connectivity index (χ0) is 14.5. The number of hydrogen-bond donors (Lipinski definition) is 1. The molecule has 0 spiro atoms. The van der Waals surface area contributed by atoms with Gasteiger partial charge in [0.05, 0.1) is 0 Å². The second-order valence-electron chi connectivity index (χ2n) is 6.63. The molecule has 0 radical (unpaired) electrons. The van der Waals surface area contributed by atoms with E-state index in [1.807, 2.05) is 0 Å². The van der Waals surface area contributed by atoms with Crippen molar-refractivity contribution in [1.29, 1.82) is 0 Å². The summed E-state index contributed by atoms with van der Waals surface area (Å²) in [7, 11) is 2.10. The van der Waals surface area contributed by atoms with E-state index < -0.39 is 0 Å². The van der Waals surface area contributed by atoms with Crippen LogP contribution >= 0.6 is 0 Å². The number of rotatable bonds is 5. The summed E-state index contributed by atoms with van der Waals surface area (Å²) < 4.78 is 0. The Morgan fingerprint density at radius 1 is 1.10 bits per heavy atom. The van der Waals surface area contributed by atoms with Crippen molar-refractivity contribution in [2.24, 2.45) is 11.8 Å². The summed E-state index contributed by atoms with van der Waals surface area (Å²) in [5.41, 5.74) is 1.41. The molecule has 1 fully saturated rings. The predicted octanol–water partition coefficient (Wildman–Crippen LogP) is 3.70. The molecule has 2 rings (SSSR count). The third-order valence-electron chi connectivity index (χ3n) is 4.73. The average molecular weight is 274 g/mol. The highest BCUT2D eigenvalue weighted by molar-refractivity contribution is 5.21. The first-order valence-corrected chi connectivity index (χ1v) is 8.09. The largest absolute Gasteiger partial charge is 0.312 e. The molecule has 1 aromatic rings. The van der Waals surface area contributed by atoms with E-state index in [0.29, 0.717) is 18.0 Å². The van der Waals surface area contributed by atoms with Gasteiger partial charge in [0.1, 0.15) is 0 Å². The Kier molecular flexibility index (Phi) is 5.62. The van der Waals surface area contributed by atoms with Gasteiger partial charge in [0.2, 0.25) is 0 Å². The van der Waals surface area contributed by atoms with E-state index in [1.54, 1.807) is 0 Å². The Balaban J connectivity index is 2.18. The van der Waals surface area contributed by atoms with Gasteiger partial charge in [-0.3, -0.25) is 4.90 Å². The summed E-state index contributed by atoms with van der Waals surface area (Å²) in [4.78, 5) is 2.71. The summed E-state index contributed by atoms with van der Waals surface area (Å²) >= 11 is 0. The second kappa shape index (κ2) is 7.24. The molecule has 0 saturated carbocycles. The van der Waals surface area contributed by atoms with E-state index in [1.165, 1.54) is 31.5 Å². The summed E-state index contributed by atoms with van der Waals surface area (Å²) in [5, 5.41) is 3.57. The molecule has 1 saturated heterocycles. The molecule has 112 valence electrons. The number of hydrogen-bond acceptors (Lipinski definition) is 2. The minimum absolute atomic E-state index is 0.421. The third kappa shape index (κ3) is 3.62. The van der Waals surface area contributed by atoms with Crippen LogP contribution in [0.1, 0.15) is 45.2 Å². The quantitative estimate of drug-likeness (QED) is 0.880. The van der Waals surface area contributed by atoms with Crippen molar-refractivity contribution in [2.75, 3.05) is 20.1 Å². The molecule has 2 atom stereocenters. The second-order valence-corrected chi connectivity index (χ2v) is 6.63. The SMILES string of the molecule is CNC(c1ccccc1)C(C(C)C)N1CCC(C)CC1. The van der Waals surface area contributed by atoms with Crippen LogP contribution in [-0.4, -0.2) is 31.1 Å². The van der Waals surface area contributed by atoms with Crippen LogP contribution in [0.25, 0.3) is 0 Å². The molecule has 1 aromatic carbocycles. The van der Waals surface area contributed by atoms with E-state index in [9.17, 15) is 0 Å². The van der Waals surface area contributed by atoms with Gasteiger partial charge < -0.3 is 5.32 Å². The molecule has 1 aliphatic heterocycles. The number of piperidine rings is 1. The van der Waals surface area contributed by atoms with Gasteiger partial charge in [-0.05, 0) is 50.4 Å². The van der Waals surface area contributed by atoms with Crippen molar-refractivity contribution >= 4 is 0 Å². The maximum absolute atomic E-state index is 3.57. The molecule has 1 N–H and O–H groups in total. The molecule has 2 unspecified atom stereocenters. The molecule has 0 aromatic heterocycles. The fourth-order valence-electron chi connectivity index (χ4n) is 3.54. The minimum Gasteiger partial charge on any atom is -0.312 e. The molecule has 0 bridgehead atoms. The summed E-state index contributed by atoms with van der Waals surface area (Å²) in [6.07, 6.45) is 2.68. The summed E-state index contributed by atoms with van der Waals surface area (Å²) in [6, 6.07) is 11.9. The zero-order valence-electron chi connectivity index (χ0n) is 13.5. The number of nitrogens with one attached hydrogen (secondary N) is 1. The molecule has 1 heterocycles. The highest BCUT2D eigenvalue weighted by Crippen LogP contribution is 2.29. The first kappa shape index (κ1) is 15.5. The molecular formula is C18H30N2. The standard InChI is InChI=1S/C18H30N2/c1-14(2)18(20-12-10-15(3)11-13-20)17(19-4)16-8-6-5-7-9-16/h5-9,14-15,17-19H,10-13H2,1-4H3. The molecule has 2 heteroatoms. The highest BCUT2D eigenvalue weighted by Gasteiger charge is 2.32. The molecule has 0 amide bonds. The van der Waals surface area contributed by atoms with Gasteiger partial charge in [0.15, 0.2) is 0 Å². The van der Waals surface area contributed by atoms with Crippen molar-refractivity contribution in [2.45, 2.75) is 45.7 Å².